The maximum atomic E-state index is 12.8. The van der Waals surface area contributed by atoms with Crippen LogP contribution >= 0.6 is 0 Å². The van der Waals surface area contributed by atoms with Crippen molar-refractivity contribution in [3.63, 3.8) is 0 Å². The Hall–Kier alpha value is -0.110. The van der Waals surface area contributed by atoms with Gasteiger partial charge in [0.2, 0.25) is 0 Å². The Kier molecular flexibility index (Phi) is 2.88. The van der Waals surface area contributed by atoms with Crippen molar-refractivity contribution in [2.45, 2.75) is 39.4 Å². The van der Waals surface area contributed by atoms with Crippen LogP contribution < -0.4 is 0 Å². The molecule has 1 rings (SSSR count). The van der Waals surface area contributed by atoms with Gasteiger partial charge in [0.05, 0.1) is 0 Å². The highest BCUT2D eigenvalue weighted by Gasteiger charge is 2.27. The normalized spacial score (nSPS) is 29.7. The molecule has 2 unspecified atom stereocenters. The summed E-state index contributed by atoms with van der Waals surface area (Å²) in [5.74, 6) is 0.289. The van der Waals surface area contributed by atoms with Gasteiger partial charge in [-0.25, -0.2) is 4.39 Å². The minimum absolute atomic E-state index is 0.289. The summed E-state index contributed by atoms with van der Waals surface area (Å²) < 4.78 is 12.8. The van der Waals surface area contributed by atoms with Crippen molar-refractivity contribution in [1.29, 1.82) is 0 Å². The van der Waals surface area contributed by atoms with Crippen LogP contribution in [0.25, 0.3) is 0 Å². The highest BCUT2D eigenvalue weighted by atomic mass is 19.1. The van der Waals surface area contributed by atoms with Gasteiger partial charge in [-0.2, -0.15) is 0 Å². The summed E-state index contributed by atoms with van der Waals surface area (Å²) in [5.41, 5.74) is 0. The first kappa shape index (κ1) is 8.98. The Labute approximate surface area is 68.6 Å². The maximum absolute atomic E-state index is 12.8. The molecular weight excluding hydrogens is 141 g/mol. The molecule has 0 radical (unpaired) electrons. The minimum atomic E-state index is -0.626. The van der Waals surface area contributed by atoms with Gasteiger partial charge in [-0.15, -0.1) is 0 Å². The van der Waals surface area contributed by atoms with Crippen LogP contribution in [-0.2, 0) is 0 Å². The second-order valence-electron chi connectivity index (χ2n) is 3.81. The SMILES string of the molecule is CC(F)C1CCN(C(C)C)C1. The molecule has 1 saturated heterocycles. The van der Waals surface area contributed by atoms with Gasteiger partial charge < -0.3 is 4.90 Å². The first-order valence-corrected chi connectivity index (χ1v) is 4.49. The third-order valence-electron chi connectivity index (χ3n) is 2.64. The summed E-state index contributed by atoms with van der Waals surface area (Å²) in [5, 5.41) is 0. The van der Waals surface area contributed by atoms with E-state index in [4.69, 9.17) is 0 Å². The van der Waals surface area contributed by atoms with E-state index in [-0.39, 0.29) is 5.92 Å². The maximum Gasteiger partial charge on any atom is 0.101 e. The summed E-state index contributed by atoms with van der Waals surface area (Å²) in [6, 6.07) is 0.582. The number of nitrogens with zero attached hydrogens (tertiary/aromatic N) is 1. The third kappa shape index (κ3) is 2.16. The lowest BCUT2D eigenvalue weighted by molar-refractivity contribution is 0.218. The van der Waals surface area contributed by atoms with Gasteiger partial charge in [-0.3, -0.25) is 0 Å². The Bertz CT molecular complexity index is 109. The Balaban J connectivity index is 2.35. The fourth-order valence-electron chi connectivity index (χ4n) is 1.66. The average molecular weight is 159 g/mol. The predicted octanol–water partition coefficient (Wildman–Crippen LogP) is 2.07. The molecule has 0 amide bonds. The monoisotopic (exact) mass is 159 g/mol. The lowest BCUT2D eigenvalue weighted by Crippen LogP contribution is -2.29. The van der Waals surface area contributed by atoms with Gasteiger partial charge in [-0.05, 0) is 33.7 Å². The molecule has 0 aliphatic carbocycles. The second-order valence-corrected chi connectivity index (χ2v) is 3.81. The lowest BCUT2D eigenvalue weighted by atomic mass is 10.1. The number of hydrogen-bond acceptors (Lipinski definition) is 1. The van der Waals surface area contributed by atoms with E-state index in [0.29, 0.717) is 6.04 Å². The van der Waals surface area contributed by atoms with E-state index in [1.54, 1.807) is 6.92 Å². The van der Waals surface area contributed by atoms with E-state index >= 15 is 0 Å². The molecule has 66 valence electrons. The summed E-state index contributed by atoms with van der Waals surface area (Å²) >= 11 is 0. The highest BCUT2D eigenvalue weighted by molar-refractivity contribution is 4.80. The molecule has 0 aromatic heterocycles. The number of alkyl halides is 1. The molecule has 0 aromatic carbocycles. The topological polar surface area (TPSA) is 3.24 Å². The summed E-state index contributed by atoms with van der Waals surface area (Å²) in [6.45, 7) is 8.05. The zero-order valence-corrected chi connectivity index (χ0v) is 7.68. The molecule has 1 heterocycles. The third-order valence-corrected chi connectivity index (χ3v) is 2.64. The molecule has 0 bridgehead atoms. The Morgan fingerprint density at radius 2 is 2.00 bits per heavy atom. The first-order valence-electron chi connectivity index (χ1n) is 4.49. The van der Waals surface area contributed by atoms with Gasteiger partial charge in [0.1, 0.15) is 6.17 Å². The van der Waals surface area contributed by atoms with Crippen molar-refractivity contribution < 1.29 is 4.39 Å². The van der Waals surface area contributed by atoms with Gasteiger partial charge in [0.15, 0.2) is 0 Å². The number of halogens is 1. The summed E-state index contributed by atoms with van der Waals surface area (Å²) in [6.07, 6.45) is 0.411. The van der Waals surface area contributed by atoms with Crippen LogP contribution in [0.5, 0.6) is 0 Å². The molecule has 2 heteroatoms. The molecule has 0 aromatic rings. The van der Waals surface area contributed by atoms with E-state index in [0.717, 1.165) is 19.5 Å². The Morgan fingerprint density at radius 3 is 2.27 bits per heavy atom. The minimum Gasteiger partial charge on any atom is -0.301 e. The number of rotatable bonds is 2. The van der Waals surface area contributed by atoms with Crippen molar-refractivity contribution in [2.75, 3.05) is 13.1 Å². The van der Waals surface area contributed by atoms with Gasteiger partial charge >= 0.3 is 0 Å². The van der Waals surface area contributed by atoms with E-state index in [9.17, 15) is 4.39 Å². The molecule has 0 saturated carbocycles. The predicted molar refractivity (Wildman–Crippen MR) is 45.4 cm³/mol. The summed E-state index contributed by atoms with van der Waals surface area (Å²) in [7, 11) is 0. The van der Waals surface area contributed by atoms with Crippen LogP contribution in [0.1, 0.15) is 27.2 Å². The molecular formula is C9H18FN. The molecule has 2 atom stereocenters. The second kappa shape index (κ2) is 3.53. The van der Waals surface area contributed by atoms with Crippen LogP contribution in [0.2, 0.25) is 0 Å². The van der Waals surface area contributed by atoms with E-state index in [1.165, 1.54) is 0 Å². The van der Waals surface area contributed by atoms with Crippen LogP contribution in [0, 0.1) is 5.92 Å². The van der Waals surface area contributed by atoms with Crippen LogP contribution in [0.15, 0.2) is 0 Å². The quantitative estimate of drug-likeness (QED) is 0.596. The molecule has 1 nitrogen and oxygen atoms in total. The molecule has 0 spiro atoms. The lowest BCUT2D eigenvalue weighted by Gasteiger charge is -2.20. The average Bonchev–Trinajstić information content (AvgIpc) is 2.33. The molecule has 1 aliphatic heterocycles. The van der Waals surface area contributed by atoms with Crippen molar-refractivity contribution >= 4 is 0 Å². The smallest absolute Gasteiger partial charge is 0.101 e. The van der Waals surface area contributed by atoms with Crippen molar-refractivity contribution in [2.24, 2.45) is 5.92 Å². The van der Waals surface area contributed by atoms with Gasteiger partial charge in [0, 0.05) is 18.5 Å². The molecule has 1 fully saturated rings. The summed E-state index contributed by atoms with van der Waals surface area (Å²) in [4.78, 5) is 2.35. The molecule has 0 N–H and O–H groups in total. The van der Waals surface area contributed by atoms with Crippen LogP contribution in [0.3, 0.4) is 0 Å². The van der Waals surface area contributed by atoms with E-state index in [1.807, 2.05) is 0 Å². The van der Waals surface area contributed by atoms with Gasteiger partial charge in [-0.1, -0.05) is 0 Å². The van der Waals surface area contributed by atoms with E-state index < -0.39 is 6.17 Å². The van der Waals surface area contributed by atoms with Gasteiger partial charge in [0.25, 0.3) is 0 Å². The molecule has 11 heavy (non-hydrogen) atoms. The standard InChI is InChI=1S/C9H18FN/c1-7(2)11-5-4-9(6-11)8(3)10/h7-9H,4-6H2,1-3H3. The molecule has 1 aliphatic rings. The zero-order valence-electron chi connectivity index (χ0n) is 7.68. The largest absolute Gasteiger partial charge is 0.301 e. The van der Waals surface area contributed by atoms with Crippen molar-refractivity contribution in [3.8, 4) is 0 Å². The van der Waals surface area contributed by atoms with E-state index in [2.05, 4.69) is 18.7 Å². The van der Waals surface area contributed by atoms with Crippen LogP contribution in [0.4, 0.5) is 4.39 Å². The Morgan fingerprint density at radius 1 is 1.36 bits per heavy atom. The fourth-order valence-corrected chi connectivity index (χ4v) is 1.66. The highest BCUT2D eigenvalue weighted by Crippen LogP contribution is 2.22. The number of hydrogen-bond donors (Lipinski definition) is 0. The first-order chi connectivity index (χ1) is 5.11. The fraction of sp³-hybridized carbons (Fsp3) is 1.00. The zero-order chi connectivity index (χ0) is 8.43. The van der Waals surface area contributed by atoms with Crippen molar-refractivity contribution in [1.82, 2.24) is 4.90 Å². The van der Waals surface area contributed by atoms with Crippen LogP contribution in [-0.4, -0.2) is 30.2 Å². The van der Waals surface area contributed by atoms with Crippen molar-refractivity contribution in [3.05, 3.63) is 0 Å². The number of likely N-dealkylation sites (tertiary alicyclic amines) is 1.